The van der Waals surface area contributed by atoms with Gasteiger partial charge in [-0.15, -0.1) is 13.2 Å². The Morgan fingerprint density at radius 2 is 1.76 bits per heavy atom. The van der Waals surface area contributed by atoms with E-state index in [1.54, 1.807) is 12.1 Å². The molecule has 3 rings (SSSR count). The van der Waals surface area contributed by atoms with Crippen LogP contribution in [0.3, 0.4) is 0 Å². The van der Waals surface area contributed by atoms with Crippen LogP contribution in [-0.2, 0) is 4.79 Å². The topological polar surface area (TPSA) is 118 Å². The third-order valence-electron chi connectivity index (χ3n) is 4.52. The number of hydrogen-bond acceptors (Lipinski definition) is 7. The first-order chi connectivity index (χ1) is 17.5. The van der Waals surface area contributed by atoms with Gasteiger partial charge < -0.3 is 24.6 Å². The van der Waals surface area contributed by atoms with Crippen LogP contribution in [0.25, 0.3) is 0 Å². The first kappa shape index (κ1) is 27.1. The highest BCUT2D eigenvalue weighted by atomic mass is 35.5. The predicted octanol–water partition coefficient (Wildman–Crippen LogP) is 4.73. The number of anilines is 1. The summed E-state index contributed by atoms with van der Waals surface area (Å²) in [5.41, 5.74) is 3.38. The number of phenols is 1. The van der Waals surface area contributed by atoms with Crippen molar-refractivity contribution in [2.75, 3.05) is 19.0 Å². The molecule has 0 atom stereocenters. The van der Waals surface area contributed by atoms with E-state index in [0.29, 0.717) is 17.0 Å². The van der Waals surface area contributed by atoms with Gasteiger partial charge in [-0.2, -0.15) is 5.10 Å². The smallest absolute Gasteiger partial charge is 0.506 e. The van der Waals surface area contributed by atoms with Crippen LogP contribution < -0.4 is 25.0 Å². The van der Waals surface area contributed by atoms with Gasteiger partial charge in [0.2, 0.25) is 0 Å². The number of nitrogens with zero attached hydrogens (tertiary/aromatic N) is 1. The number of nitrogens with one attached hydrogen (secondary N) is 2. The third-order valence-corrected chi connectivity index (χ3v) is 4.83. The molecule has 13 heteroatoms. The molecule has 0 aliphatic carbocycles. The zero-order valence-electron chi connectivity index (χ0n) is 19.0. The lowest BCUT2D eigenvalue weighted by atomic mass is 10.2. The number of phenolic OH excluding ortho intramolecular Hbond substituents is 1. The number of alkyl halides is 3. The summed E-state index contributed by atoms with van der Waals surface area (Å²) in [6.07, 6.45) is -3.47. The minimum atomic E-state index is -4.80. The number of halogens is 4. The van der Waals surface area contributed by atoms with E-state index in [4.69, 9.17) is 21.1 Å². The largest absolute Gasteiger partial charge is 0.573 e. The quantitative estimate of drug-likeness (QED) is 0.268. The van der Waals surface area contributed by atoms with Gasteiger partial charge in [0.15, 0.2) is 6.61 Å². The standard InChI is InChI=1S/C24H19ClF3N3O6/c1-35-21-11-16(30-22(33)13-36-17-5-7-18(8-6-17)37-24(26,27)28)4-2-15(21)12-29-31-23(34)14-3-9-20(32)19(25)10-14/h2-12,32H,13H2,1H3,(H,30,33)(H,31,34). The van der Waals surface area contributed by atoms with E-state index < -0.39 is 30.5 Å². The van der Waals surface area contributed by atoms with Gasteiger partial charge in [-0.25, -0.2) is 5.43 Å². The lowest BCUT2D eigenvalue weighted by Crippen LogP contribution is -2.20. The zero-order chi connectivity index (χ0) is 27.0. The van der Waals surface area contributed by atoms with Crippen molar-refractivity contribution < 1.29 is 42.1 Å². The van der Waals surface area contributed by atoms with Crippen LogP contribution >= 0.6 is 11.6 Å². The van der Waals surface area contributed by atoms with Gasteiger partial charge in [0.05, 0.1) is 18.3 Å². The second-order valence-corrected chi connectivity index (χ2v) is 7.59. The highest BCUT2D eigenvalue weighted by Gasteiger charge is 2.31. The van der Waals surface area contributed by atoms with Crippen molar-refractivity contribution in [1.29, 1.82) is 0 Å². The van der Waals surface area contributed by atoms with Crippen LogP contribution in [0, 0.1) is 0 Å². The minimum absolute atomic E-state index is 0.0229. The molecule has 0 heterocycles. The highest BCUT2D eigenvalue weighted by molar-refractivity contribution is 6.32. The number of hydrazone groups is 1. The molecule has 3 N–H and O–H groups in total. The van der Waals surface area contributed by atoms with Crippen molar-refractivity contribution in [2.24, 2.45) is 5.10 Å². The second kappa shape index (κ2) is 12.0. The van der Waals surface area contributed by atoms with Gasteiger partial charge in [-0.05, 0) is 54.6 Å². The average molecular weight is 538 g/mol. The molecule has 0 fully saturated rings. The number of methoxy groups -OCH3 is 1. The van der Waals surface area contributed by atoms with Gasteiger partial charge in [-0.3, -0.25) is 9.59 Å². The van der Waals surface area contributed by atoms with E-state index >= 15 is 0 Å². The molecular weight excluding hydrogens is 519 g/mol. The van der Waals surface area contributed by atoms with Crippen molar-refractivity contribution in [2.45, 2.75) is 6.36 Å². The third kappa shape index (κ3) is 8.32. The number of aromatic hydroxyl groups is 1. The Morgan fingerprint density at radius 3 is 2.41 bits per heavy atom. The number of carbonyl (C=O) groups is 2. The molecule has 0 saturated carbocycles. The first-order valence-electron chi connectivity index (χ1n) is 10.3. The molecule has 0 bridgehead atoms. The number of benzene rings is 3. The Hall–Kier alpha value is -4.45. The molecule has 0 aromatic heterocycles. The molecule has 0 saturated heterocycles. The lowest BCUT2D eigenvalue weighted by Gasteiger charge is -2.11. The summed E-state index contributed by atoms with van der Waals surface area (Å²) in [6.45, 7) is -0.404. The SMILES string of the molecule is COc1cc(NC(=O)COc2ccc(OC(F)(F)F)cc2)ccc1C=NNC(=O)c1ccc(O)c(Cl)c1. The van der Waals surface area contributed by atoms with E-state index in [9.17, 15) is 27.9 Å². The van der Waals surface area contributed by atoms with Gasteiger partial charge in [0.25, 0.3) is 11.8 Å². The number of rotatable bonds is 9. The van der Waals surface area contributed by atoms with Crippen molar-refractivity contribution in [3.8, 4) is 23.0 Å². The molecule has 0 aliphatic heterocycles. The molecule has 37 heavy (non-hydrogen) atoms. The summed E-state index contributed by atoms with van der Waals surface area (Å²) in [4.78, 5) is 24.4. The van der Waals surface area contributed by atoms with E-state index in [0.717, 1.165) is 12.1 Å². The van der Waals surface area contributed by atoms with Crippen molar-refractivity contribution in [3.63, 3.8) is 0 Å². The van der Waals surface area contributed by atoms with E-state index in [2.05, 4.69) is 20.6 Å². The number of hydrogen-bond donors (Lipinski definition) is 3. The summed E-state index contributed by atoms with van der Waals surface area (Å²) in [7, 11) is 1.41. The average Bonchev–Trinajstić information content (AvgIpc) is 2.85. The molecule has 2 amide bonds. The first-order valence-corrected chi connectivity index (χ1v) is 10.7. The summed E-state index contributed by atoms with van der Waals surface area (Å²) in [6, 6.07) is 13.2. The normalized spacial score (nSPS) is 11.2. The second-order valence-electron chi connectivity index (χ2n) is 7.18. The fourth-order valence-electron chi connectivity index (χ4n) is 2.85. The Bertz CT molecular complexity index is 1300. The Morgan fingerprint density at radius 1 is 1.05 bits per heavy atom. The van der Waals surface area contributed by atoms with Crippen molar-refractivity contribution in [1.82, 2.24) is 5.43 Å². The number of carbonyl (C=O) groups excluding carboxylic acids is 2. The summed E-state index contributed by atoms with van der Waals surface area (Å²) < 4.78 is 51.0. The Balaban J connectivity index is 1.54. The Kier molecular flexibility index (Phi) is 8.80. The van der Waals surface area contributed by atoms with E-state index in [-0.39, 0.29) is 22.1 Å². The van der Waals surface area contributed by atoms with Crippen molar-refractivity contribution in [3.05, 3.63) is 76.8 Å². The summed E-state index contributed by atoms with van der Waals surface area (Å²) in [5, 5.41) is 15.9. The van der Waals surface area contributed by atoms with Gasteiger partial charge >= 0.3 is 6.36 Å². The van der Waals surface area contributed by atoms with Gasteiger partial charge in [0.1, 0.15) is 23.0 Å². The molecule has 3 aromatic carbocycles. The van der Waals surface area contributed by atoms with Crippen LogP contribution in [0.15, 0.2) is 65.8 Å². The predicted molar refractivity (Wildman–Crippen MR) is 128 cm³/mol. The van der Waals surface area contributed by atoms with Crippen LogP contribution in [-0.4, -0.2) is 43.2 Å². The van der Waals surface area contributed by atoms with Crippen molar-refractivity contribution >= 4 is 35.3 Å². The fraction of sp³-hybridized carbons (Fsp3) is 0.125. The van der Waals surface area contributed by atoms with Crippen LogP contribution in [0.2, 0.25) is 5.02 Å². The Labute approximate surface area is 213 Å². The van der Waals surface area contributed by atoms with E-state index in [1.165, 1.54) is 49.7 Å². The van der Waals surface area contributed by atoms with Crippen LogP contribution in [0.1, 0.15) is 15.9 Å². The molecule has 9 nitrogen and oxygen atoms in total. The molecular formula is C24H19ClF3N3O6. The van der Waals surface area contributed by atoms with Gasteiger partial charge in [-0.1, -0.05) is 11.6 Å². The lowest BCUT2D eigenvalue weighted by molar-refractivity contribution is -0.274. The maximum Gasteiger partial charge on any atom is 0.573 e. The van der Waals surface area contributed by atoms with Gasteiger partial charge in [0, 0.05) is 22.9 Å². The zero-order valence-corrected chi connectivity index (χ0v) is 19.8. The monoisotopic (exact) mass is 537 g/mol. The van der Waals surface area contributed by atoms with Crippen LogP contribution in [0.5, 0.6) is 23.0 Å². The maximum atomic E-state index is 12.2. The minimum Gasteiger partial charge on any atom is -0.506 e. The summed E-state index contributed by atoms with van der Waals surface area (Å²) in [5.74, 6) is -1.14. The fourth-order valence-corrected chi connectivity index (χ4v) is 3.03. The highest BCUT2D eigenvalue weighted by Crippen LogP contribution is 2.26. The number of ether oxygens (including phenoxy) is 3. The molecule has 0 aliphatic rings. The maximum absolute atomic E-state index is 12.2. The molecule has 194 valence electrons. The number of amides is 2. The molecule has 0 unspecified atom stereocenters. The molecule has 0 radical (unpaired) electrons. The molecule has 3 aromatic rings. The van der Waals surface area contributed by atoms with Crippen LogP contribution in [0.4, 0.5) is 18.9 Å². The molecule has 0 spiro atoms. The summed E-state index contributed by atoms with van der Waals surface area (Å²) >= 11 is 5.79. The van der Waals surface area contributed by atoms with E-state index in [1.807, 2.05) is 0 Å².